The first kappa shape index (κ1) is 25.8. The van der Waals surface area contributed by atoms with Gasteiger partial charge in [0.25, 0.3) is 0 Å². The molecular formula is C20H40N2O5. The number of hydrogen-bond acceptors (Lipinski definition) is 5. The second-order valence-electron chi connectivity index (χ2n) is 8.17. The van der Waals surface area contributed by atoms with Crippen LogP contribution in [-0.4, -0.2) is 48.5 Å². The number of carboxylic acids is 2. The molecule has 0 aromatic rings. The van der Waals surface area contributed by atoms with E-state index in [1.807, 2.05) is 27.7 Å². The quantitative estimate of drug-likeness (QED) is 0.298. The van der Waals surface area contributed by atoms with Crippen molar-refractivity contribution in [1.29, 1.82) is 0 Å². The Labute approximate surface area is 163 Å². The second-order valence-corrected chi connectivity index (χ2v) is 8.17. The lowest BCUT2D eigenvalue weighted by Crippen LogP contribution is -2.43. The molecule has 0 aliphatic carbocycles. The van der Waals surface area contributed by atoms with Crippen LogP contribution in [0, 0.1) is 22.7 Å². The summed E-state index contributed by atoms with van der Waals surface area (Å²) in [6.45, 7) is 9.01. The van der Waals surface area contributed by atoms with Gasteiger partial charge in [-0.1, -0.05) is 27.7 Å². The molecule has 0 bridgehead atoms. The highest BCUT2D eigenvalue weighted by atomic mass is 16.5. The predicted octanol–water partition coefficient (Wildman–Crippen LogP) is 2.72. The zero-order valence-corrected chi connectivity index (χ0v) is 17.5. The Hall–Kier alpha value is -1.18. The molecule has 0 spiro atoms. The van der Waals surface area contributed by atoms with Gasteiger partial charge in [-0.15, -0.1) is 0 Å². The van der Waals surface area contributed by atoms with E-state index in [4.69, 9.17) is 16.2 Å². The summed E-state index contributed by atoms with van der Waals surface area (Å²) >= 11 is 0. The first-order valence-corrected chi connectivity index (χ1v) is 10.1. The summed E-state index contributed by atoms with van der Waals surface area (Å²) < 4.78 is 5.61. The van der Waals surface area contributed by atoms with E-state index in [-0.39, 0.29) is 24.9 Å². The molecule has 0 aromatic carbocycles. The number of hydrogen-bond donors (Lipinski definition) is 4. The standard InChI is InChI=1S/C20H40N2O5/c1-15(2)19(13-21,17(23)24)9-5-7-11-27-12-8-6-10-20(14-22,16(3)4)18(25)26/h15-16H,5-14,21-22H2,1-4H3,(H,23,24)(H,25,26). The molecule has 7 heteroatoms. The summed E-state index contributed by atoms with van der Waals surface area (Å²) in [4.78, 5) is 23.1. The van der Waals surface area contributed by atoms with Crippen LogP contribution >= 0.6 is 0 Å². The fourth-order valence-electron chi connectivity index (χ4n) is 3.53. The number of rotatable bonds is 16. The van der Waals surface area contributed by atoms with Gasteiger partial charge in [0, 0.05) is 26.3 Å². The molecule has 160 valence electrons. The first-order chi connectivity index (χ1) is 12.6. The molecule has 7 nitrogen and oxygen atoms in total. The van der Waals surface area contributed by atoms with Crippen LogP contribution in [0.3, 0.4) is 0 Å². The highest BCUT2D eigenvalue weighted by Crippen LogP contribution is 2.33. The number of nitrogens with two attached hydrogens (primary N) is 2. The van der Waals surface area contributed by atoms with Crippen LogP contribution in [0.25, 0.3) is 0 Å². The summed E-state index contributed by atoms with van der Waals surface area (Å²) in [5.41, 5.74) is 9.74. The van der Waals surface area contributed by atoms with Crippen LogP contribution in [0.15, 0.2) is 0 Å². The van der Waals surface area contributed by atoms with E-state index in [2.05, 4.69) is 0 Å². The maximum Gasteiger partial charge on any atom is 0.311 e. The monoisotopic (exact) mass is 388 g/mol. The Bertz CT molecular complexity index is 416. The fourth-order valence-corrected chi connectivity index (χ4v) is 3.53. The average Bonchev–Trinajstić information content (AvgIpc) is 2.59. The summed E-state index contributed by atoms with van der Waals surface area (Å²) in [5.74, 6) is -1.68. The van der Waals surface area contributed by atoms with Crippen LogP contribution < -0.4 is 11.5 Å². The van der Waals surface area contributed by atoms with Crippen LogP contribution in [0.5, 0.6) is 0 Å². The van der Waals surface area contributed by atoms with E-state index in [1.54, 1.807) is 0 Å². The molecule has 0 fully saturated rings. The zero-order valence-electron chi connectivity index (χ0n) is 17.5. The lowest BCUT2D eigenvalue weighted by Gasteiger charge is -2.32. The maximum atomic E-state index is 11.6. The Morgan fingerprint density at radius 2 is 1.11 bits per heavy atom. The molecular weight excluding hydrogens is 348 g/mol. The number of unbranched alkanes of at least 4 members (excludes halogenated alkanes) is 2. The molecule has 0 heterocycles. The van der Waals surface area contributed by atoms with Gasteiger partial charge in [-0.05, 0) is 50.4 Å². The lowest BCUT2D eigenvalue weighted by atomic mass is 9.73. The third-order valence-corrected chi connectivity index (χ3v) is 6.11. The summed E-state index contributed by atoms with van der Waals surface area (Å²) in [7, 11) is 0. The van der Waals surface area contributed by atoms with Gasteiger partial charge in [-0.25, -0.2) is 0 Å². The fraction of sp³-hybridized carbons (Fsp3) is 0.900. The molecule has 27 heavy (non-hydrogen) atoms. The van der Waals surface area contributed by atoms with Crippen molar-refractivity contribution in [2.45, 2.75) is 66.2 Å². The number of aliphatic carboxylic acids is 2. The third-order valence-electron chi connectivity index (χ3n) is 6.11. The smallest absolute Gasteiger partial charge is 0.311 e. The van der Waals surface area contributed by atoms with Crippen molar-refractivity contribution >= 4 is 11.9 Å². The molecule has 0 saturated carbocycles. The Morgan fingerprint density at radius 1 is 0.778 bits per heavy atom. The van der Waals surface area contributed by atoms with Gasteiger partial charge in [0.15, 0.2) is 0 Å². The van der Waals surface area contributed by atoms with Gasteiger partial charge in [-0.2, -0.15) is 0 Å². The van der Waals surface area contributed by atoms with Gasteiger partial charge in [0.05, 0.1) is 10.8 Å². The minimum Gasteiger partial charge on any atom is -0.481 e. The minimum atomic E-state index is -0.862. The van der Waals surface area contributed by atoms with Crippen LogP contribution in [0.2, 0.25) is 0 Å². The number of ether oxygens (including phenoxy) is 1. The molecule has 0 rings (SSSR count). The molecule has 0 aromatic heterocycles. The van der Waals surface area contributed by atoms with Gasteiger partial charge in [0.1, 0.15) is 0 Å². The van der Waals surface area contributed by atoms with Crippen LogP contribution in [0.4, 0.5) is 0 Å². The predicted molar refractivity (Wildman–Crippen MR) is 106 cm³/mol. The van der Waals surface area contributed by atoms with Crippen LogP contribution in [0.1, 0.15) is 66.2 Å². The van der Waals surface area contributed by atoms with Crippen molar-refractivity contribution in [3.63, 3.8) is 0 Å². The average molecular weight is 389 g/mol. The molecule has 0 aliphatic rings. The molecule has 2 atom stereocenters. The highest BCUT2D eigenvalue weighted by Gasteiger charge is 2.40. The number of carboxylic acid groups (broad SMARTS) is 2. The number of carbonyl (C=O) groups is 2. The normalized spacial score (nSPS) is 16.3. The van der Waals surface area contributed by atoms with E-state index in [1.165, 1.54) is 0 Å². The van der Waals surface area contributed by atoms with Crippen molar-refractivity contribution in [3.05, 3.63) is 0 Å². The van der Waals surface area contributed by atoms with Gasteiger partial charge < -0.3 is 26.4 Å². The third kappa shape index (κ3) is 7.05. The lowest BCUT2D eigenvalue weighted by molar-refractivity contribution is -0.152. The molecule has 0 radical (unpaired) electrons. The van der Waals surface area contributed by atoms with Gasteiger partial charge >= 0.3 is 11.9 Å². The highest BCUT2D eigenvalue weighted by molar-refractivity contribution is 5.75. The van der Waals surface area contributed by atoms with E-state index in [0.29, 0.717) is 26.1 Å². The van der Waals surface area contributed by atoms with Crippen molar-refractivity contribution in [1.82, 2.24) is 0 Å². The van der Waals surface area contributed by atoms with Crippen molar-refractivity contribution in [2.24, 2.45) is 34.1 Å². The molecule has 0 aliphatic heterocycles. The van der Waals surface area contributed by atoms with E-state index >= 15 is 0 Å². The van der Waals surface area contributed by atoms with Crippen molar-refractivity contribution < 1.29 is 24.5 Å². The van der Waals surface area contributed by atoms with E-state index in [0.717, 1.165) is 25.7 Å². The maximum absolute atomic E-state index is 11.6. The Morgan fingerprint density at radius 3 is 1.33 bits per heavy atom. The Kier molecular flexibility index (Phi) is 11.8. The van der Waals surface area contributed by atoms with Crippen molar-refractivity contribution in [2.75, 3.05) is 26.3 Å². The molecule has 2 unspecified atom stereocenters. The molecule has 6 N–H and O–H groups in total. The summed E-state index contributed by atoms with van der Waals surface area (Å²) in [6.07, 6.45) is 4.18. The zero-order chi connectivity index (χ0) is 21.1. The second kappa shape index (κ2) is 12.3. The molecule has 0 amide bonds. The largest absolute Gasteiger partial charge is 0.481 e. The van der Waals surface area contributed by atoms with E-state index in [9.17, 15) is 19.8 Å². The summed E-state index contributed by atoms with van der Waals surface area (Å²) in [5, 5.41) is 19.0. The first-order valence-electron chi connectivity index (χ1n) is 10.1. The van der Waals surface area contributed by atoms with Crippen LogP contribution in [-0.2, 0) is 14.3 Å². The topological polar surface area (TPSA) is 136 Å². The molecule has 0 saturated heterocycles. The Balaban J connectivity index is 4.08. The van der Waals surface area contributed by atoms with Gasteiger partial charge in [0.2, 0.25) is 0 Å². The minimum absolute atomic E-state index is 0.0149. The van der Waals surface area contributed by atoms with Crippen molar-refractivity contribution in [3.8, 4) is 0 Å². The van der Waals surface area contributed by atoms with E-state index < -0.39 is 22.8 Å². The SMILES string of the molecule is CC(C)C(CN)(CCCCOCCCCC(CN)(C(=O)O)C(C)C)C(=O)O. The van der Waals surface area contributed by atoms with Gasteiger partial charge in [-0.3, -0.25) is 9.59 Å². The summed E-state index contributed by atoms with van der Waals surface area (Å²) in [6, 6.07) is 0.